The summed E-state index contributed by atoms with van der Waals surface area (Å²) < 4.78 is 5.58. The number of rotatable bonds is 0. The Morgan fingerprint density at radius 3 is 0.906 bits per heavy atom. The van der Waals surface area contributed by atoms with Gasteiger partial charge in [0.25, 0.3) is 0 Å². The smallest absolute Gasteiger partial charge is 0.0523 e. The number of nitrogens with one attached hydrogen (secondary N) is 7. The SMILES string of the molecule is CN1CC2(CCNCC2)C1.CN1CCC2(CC1)CNC2.CN1CCC2(CCCC2)CC1.CN1CCC2(CCCOC2)CC1.CN1CCC2(CCNC2)C1.CN1CCC2(CCNC2)CC1.CN1CCC2(CCNCC2)C1.CN1CCC2(CCNCC2)CC1.CN1CCNC2(CC2)C1. The van der Waals surface area contributed by atoms with Gasteiger partial charge >= 0.3 is 0 Å². The van der Waals surface area contributed by atoms with Gasteiger partial charge in [-0.25, -0.2) is 0 Å². The highest BCUT2D eigenvalue weighted by molar-refractivity contribution is 5.06. The van der Waals surface area contributed by atoms with Crippen molar-refractivity contribution in [3.05, 3.63) is 0 Å². The van der Waals surface area contributed by atoms with E-state index in [0.29, 0.717) is 27.2 Å². The highest BCUT2D eigenvalue weighted by atomic mass is 16.5. The van der Waals surface area contributed by atoms with E-state index in [-0.39, 0.29) is 0 Å². The number of piperazine rings is 1. The van der Waals surface area contributed by atoms with Gasteiger partial charge in [-0.15, -0.1) is 0 Å². The van der Waals surface area contributed by atoms with Crippen LogP contribution in [0.3, 0.4) is 0 Å². The monoisotopic (exact) mass is 1350 g/mol. The van der Waals surface area contributed by atoms with E-state index in [0.717, 1.165) is 34.9 Å². The van der Waals surface area contributed by atoms with E-state index in [9.17, 15) is 0 Å². The number of hydrogen-bond acceptors (Lipinski definition) is 17. The number of nitrogens with zero attached hydrogens (tertiary/aromatic N) is 9. The molecule has 2 saturated carbocycles. The molecule has 17 heteroatoms. The Balaban J connectivity index is 0.000000118. The summed E-state index contributed by atoms with van der Waals surface area (Å²) in [5, 5.41) is 24.1. The maximum Gasteiger partial charge on any atom is 0.0523 e. The number of likely N-dealkylation sites (N-methyl/N-ethyl adjacent to an activating group) is 1. The summed E-state index contributed by atoms with van der Waals surface area (Å²) in [6.45, 7) is 41.9. The zero-order chi connectivity index (χ0) is 67.5. The molecular weight excluding hydrogens is 1190 g/mol. The molecule has 7 N–H and O–H groups in total. The molecule has 1 atom stereocenters. The fourth-order valence-corrected chi connectivity index (χ4v) is 20.8. The lowest BCUT2D eigenvalue weighted by Gasteiger charge is -2.51. The third kappa shape index (κ3) is 23.7. The molecule has 0 aromatic carbocycles. The number of piperidine rings is 8. The van der Waals surface area contributed by atoms with E-state index in [4.69, 9.17) is 4.74 Å². The van der Waals surface area contributed by atoms with Crippen molar-refractivity contribution in [2.45, 2.75) is 185 Å². The molecule has 0 radical (unpaired) electrons. The molecule has 0 amide bonds. The molecule has 17 nitrogen and oxygen atoms in total. The van der Waals surface area contributed by atoms with E-state index in [2.05, 4.69) is 145 Å². The van der Waals surface area contributed by atoms with E-state index in [1.807, 2.05) is 0 Å². The van der Waals surface area contributed by atoms with Gasteiger partial charge in [0.15, 0.2) is 0 Å². The first kappa shape index (κ1) is 77.9. The van der Waals surface area contributed by atoms with Crippen LogP contribution in [0.1, 0.15) is 180 Å². The van der Waals surface area contributed by atoms with Crippen LogP contribution in [0.2, 0.25) is 0 Å². The number of likely N-dealkylation sites (tertiary alicyclic amines) is 8. The highest BCUT2D eigenvalue weighted by Gasteiger charge is 2.46. The zero-order valence-corrected chi connectivity index (χ0v) is 64.6. The molecule has 558 valence electrons. The molecule has 0 aromatic heterocycles. The van der Waals surface area contributed by atoms with Crippen molar-refractivity contribution in [3.8, 4) is 0 Å². The van der Waals surface area contributed by atoms with Gasteiger partial charge in [0.1, 0.15) is 0 Å². The molecule has 16 saturated heterocycles. The molecule has 0 aromatic rings. The first-order chi connectivity index (χ1) is 46.3. The van der Waals surface area contributed by atoms with Crippen molar-refractivity contribution >= 4 is 0 Å². The standard InChI is InChI=1S/C10H20N2.C10H19NO.C10H19N.2C9H18N2.3C8H16N2.C7H14N2/c1-12-8-4-10(5-9-12)2-6-11-7-3-10;1-11-6-4-10(5-7-11)3-2-8-12-9-10;1-11-8-6-10(7-9-11)4-2-3-5-10;1-11-6-3-9(4-7-11)2-5-10-8-9;1-11-7-4-9(8-11)2-5-10-6-3-9;1-10-4-2-8(3-5-10)6-9-7-8;1-10-5-3-8(7-10)2-4-9-6-8;1-10-6-8(7-10)2-4-9-5-3-8;1-9-5-4-8-7(6-9)2-3-7/h11H,2-9H2,1H3;2-9H2,1H3;2-9H2,1H3;2*10H,2-8H2,1H3;3*9H,2-7H2,1H3;8H,2-6H2,1H3. The second-order valence-electron chi connectivity index (χ2n) is 37.2. The largest absolute Gasteiger partial charge is 0.381 e. The fraction of sp³-hybridized carbons (Fsp3) is 1.00. The quantitative estimate of drug-likeness (QED) is 0.132. The first-order valence-corrected chi connectivity index (χ1v) is 41.0. The summed E-state index contributed by atoms with van der Waals surface area (Å²) >= 11 is 0. The molecule has 1 unspecified atom stereocenters. The second kappa shape index (κ2) is 36.8. The van der Waals surface area contributed by atoms with E-state index in [1.165, 1.54) is 383 Å². The average Bonchev–Trinajstić information content (AvgIpc) is 1.29. The lowest BCUT2D eigenvalue weighted by Crippen LogP contribution is -2.58. The number of hydrogen-bond donors (Lipinski definition) is 7. The maximum absolute atomic E-state index is 5.58. The minimum Gasteiger partial charge on any atom is -0.381 e. The van der Waals surface area contributed by atoms with Crippen LogP contribution in [0.25, 0.3) is 0 Å². The van der Waals surface area contributed by atoms with Crippen molar-refractivity contribution < 1.29 is 4.74 Å². The molecule has 16 aliphatic heterocycles. The third-order valence-electron chi connectivity index (χ3n) is 28.9. The lowest BCUT2D eigenvalue weighted by molar-refractivity contribution is -0.0391. The summed E-state index contributed by atoms with van der Waals surface area (Å²) in [6.07, 6.45) is 39.8. The van der Waals surface area contributed by atoms with Crippen LogP contribution in [0.4, 0.5) is 0 Å². The summed E-state index contributed by atoms with van der Waals surface area (Å²) in [6, 6.07) is 0. The van der Waals surface area contributed by atoms with Crippen LogP contribution in [0.15, 0.2) is 0 Å². The molecule has 18 rings (SSSR count). The molecule has 0 bridgehead atoms. The third-order valence-corrected chi connectivity index (χ3v) is 28.9. The van der Waals surface area contributed by atoms with Gasteiger partial charge in [-0.2, -0.15) is 0 Å². The van der Waals surface area contributed by atoms with Crippen molar-refractivity contribution in [2.75, 3.05) is 280 Å². The molecule has 18 fully saturated rings. The van der Waals surface area contributed by atoms with Crippen LogP contribution < -0.4 is 37.2 Å². The van der Waals surface area contributed by atoms with Crippen LogP contribution >= 0.6 is 0 Å². The van der Waals surface area contributed by atoms with Crippen LogP contribution in [-0.4, -0.2) is 329 Å². The lowest BCUT2D eigenvalue weighted by atomic mass is 9.72. The van der Waals surface area contributed by atoms with E-state index < -0.39 is 0 Å². The highest BCUT2D eigenvalue weighted by Crippen LogP contribution is 2.47. The van der Waals surface area contributed by atoms with Gasteiger partial charge < -0.3 is 86.1 Å². The zero-order valence-electron chi connectivity index (χ0n) is 64.6. The van der Waals surface area contributed by atoms with Crippen LogP contribution in [0.5, 0.6) is 0 Å². The first-order valence-electron chi connectivity index (χ1n) is 41.0. The molecule has 9 spiro atoms. The van der Waals surface area contributed by atoms with Gasteiger partial charge in [-0.05, 0) is 405 Å². The van der Waals surface area contributed by atoms with Gasteiger partial charge in [0.2, 0.25) is 0 Å². The normalized spacial score (nSPS) is 32.6. The van der Waals surface area contributed by atoms with Gasteiger partial charge in [0, 0.05) is 84.1 Å². The van der Waals surface area contributed by atoms with Gasteiger partial charge in [-0.1, -0.05) is 12.8 Å². The predicted octanol–water partition coefficient (Wildman–Crippen LogP) is 7.21. The molecule has 16 heterocycles. The molecule has 96 heavy (non-hydrogen) atoms. The van der Waals surface area contributed by atoms with Gasteiger partial charge in [0.05, 0.1) is 6.61 Å². The molecule has 2 aliphatic carbocycles. The summed E-state index contributed by atoms with van der Waals surface area (Å²) in [4.78, 5) is 22.0. The summed E-state index contributed by atoms with van der Waals surface area (Å²) in [5.41, 5.74) is 6.25. The van der Waals surface area contributed by atoms with Crippen molar-refractivity contribution in [3.63, 3.8) is 0 Å². The Morgan fingerprint density at radius 2 is 0.542 bits per heavy atom. The topological polar surface area (TPSA) is 123 Å². The summed E-state index contributed by atoms with van der Waals surface area (Å²) in [5.74, 6) is 0. The Morgan fingerprint density at radius 1 is 0.219 bits per heavy atom. The van der Waals surface area contributed by atoms with Crippen LogP contribution in [-0.2, 0) is 4.74 Å². The van der Waals surface area contributed by atoms with E-state index in [1.54, 1.807) is 0 Å². The maximum atomic E-state index is 5.58. The molecule has 18 aliphatic rings. The Kier molecular flexibility index (Phi) is 29.9. The van der Waals surface area contributed by atoms with Crippen molar-refractivity contribution in [1.82, 2.24) is 81.3 Å². The minimum absolute atomic E-state index is 0.574. The van der Waals surface area contributed by atoms with Crippen molar-refractivity contribution in [2.24, 2.45) is 43.3 Å². The predicted molar refractivity (Wildman–Crippen MR) is 405 cm³/mol. The van der Waals surface area contributed by atoms with Crippen LogP contribution in [0, 0.1) is 43.3 Å². The van der Waals surface area contributed by atoms with Crippen molar-refractivity contribution in [1.29, 1.82) is 0 Å². The fourth-order valence-electron chi connectivity index (χ4n) is 20.8. The number of ether oxygens (including phenoxy) is 1. The average molecular weight is 1350 g/mol. The minimum atomic E-state index is 0.574. The Labute approximate surface area is 591 Å². The Bertz CT molecular complexity index is 2030. The van der Waals surface area contributed by atoms with E-state index >= 15 is 0 Å². The van der Waals surface area contributed by atoms with Gasteiger partial charge in [-0.3, -0.25) is 0 Å². The second-order valence-corrected chi connectivity index (χ2v) is 37.2. The summed E-state index contributed by atoms with van der Waals surface area (Å²) in [7, 11) is 20.1. The molecular formula is C79H156N16O. The Hall–Kier alpha value is -0.680.